The average Bonchev–Trinajstić information content (AvgIpc) is 3.03. The molecule has 1 atom stereocenters. The van der Waals surface area contributed by atoms with E-state index in [0.717, 1.165) is 29.3 Å². The van der Waals surface area contributed by atoms with Gasteiger partial charge in [0.15, 0.2) is 0 Å². The molecule has 0 saturated heterocycles. The first-order valence-electron chi connectivity index (χ1n) is 9.95. The Labute approximate surface area is 184 Å². The highest BCUT2D eigenvalue weighted by Gasteiger charge is 2.36. The van der Waals surface area contributed by atoms with Gasteiger partial charge in [0, 0.05) is 29.6 Å². The summed E-state index contributed by atoms with van der Waals surface area (Å²) in [5.74, 6) is -1.81. The molecule has 0 saturated carbocycles. The number of benzene rings is 1. The van der Waals surface area contributed by atoms with Gasteiger partial charge in [-0.1, -0.05) is 49.7 Å². The van der Waals surface area contributed by atoms with Gasteiger partial charge >= 0.3 is 6.18 Å². The van der Waals surface area contributed by atoms with Gasteiger partial charge in [-0.2, -0.15) is 18.3 Å². The third-order valence-electron chi connectivity index (χ3n) is 4.79. The smallest absolute Gasteiger partial charge is 0.300 e. The Morgan fingerprint density at radius 2 is 1.84 bits per heavy atom. The molecule has 3 rings (SSSR count). The van der Waals surface area contributed by atoms with E-state index in [2.05, 4.69) is 5.10 Å². The first-order chi connectivity index (χ1) is 14.6. The Hall–Kier alpha value is -2.41. The fourth-order valence-corrected chi connectivity index (χ4v) is 3.25. The summed E-state index contributed by atoms with van der Waals surface area (Å²) in [4.78, 5) is 10.8. The van der Waals surface area contributed by atoms with Crippen molar-refractivity contribution in [3.63, 3.8) is 0 Å². The summed E-state index contributed by atoms with van der Waals surface area (Å²) in [6.07, 6.45) is -1.91. The van der Waals surface area contributed by atoms with E-state index >= 15 is 0 Å². The maximum Gasteiger partial charge on any atom is 0.391 e. The van der Waals surface area contributed by atoms with Crippen LogP contribution in [0.2, 0.25) is 5.02 Å². The van der Waals surface area contributed by atoms with Crippen molar-refractivity contribution in [1.29, 1.82) is 0 Å². The second-order valence-corrected chi connectivity index (χ2v) is 7.84. The molecule has 1 aromatic carbocycles. The Morgan fingerprint density at radius 3 is 2.39 bits per heavy atom. The van der Waals surface area contributed by atoms with Gasteiger partial charge in [-0.25, -0.2) is 8.91 Å². The highest BCUT2D eigenvalue weighted by Crippen LogP contribution is 2.30. The largest absolute Gasteiger partial charge is 0.391 e. The molecular formula is C23H25ClF4N2O. The van der Waals surface area contributed by atoms with Crippen LogP contribution in [-0.4, -0.2) is 21.6 Å². The molecule has 0 amide bonds. The number of carbonyl (C=O) groups excluding carboxylic acids is 1. The molecule has 0 aliphatic rings. The SMILES string of the molecule is CCCC(=O)CC(C)C(F)(F)F.Cc1nn2ccc(Cl)cc2c1-c1ccc(CF)cc1. The van der Waals surface area contributed by atoms with Gasteiger partial charge in [0.2, 0.25) is 0 Å². The van der Waals surface area contributed by atoms with Crippen molar-refractivity contribution < 1.29 is 22.4 Å². The summed E-state index contributed by atoms with van der Waals surface area (Å²) in [6.45, 7) is 4.32. The van der Waals surface area contributed by atoms with Crippen LogP contribution >= 0.6 is 11.6 Å². The van der Waals surface area contributed by atoms with Gasteiger partial charge in [0.25, 0.3) is 0 Å². The second-order valence-electron chi connectivity index (χ2n) is 7.40. The minimum absolute atomic E-state index is 0.250. The van der Waals surface area contributed by atoms with Crippen LogP contribution in [0.4, 0.5) is 17.6 Å². The van der Waals surface area contributed by atoms with Crippen LogP contribution in [0.3, 0.4) is 0 Å². The van der Waals surface area contributed by atoms with Gasteiger partial charge in [0.1, 0.15) is 12.5 Å². The van der Waals surface area contributed by atoms with Crippen LogP contribution in [0.15, 0.2) is 42.6 Å². The van der Waals surface area contributed by atoms with E-state index in [9.17, 15) is 22.4 Å². The van der Waals surface area contributed by atoms with Gasteiger partial charge in [0.05, 0.1) is 17.1 Å². The molecule has 0 N–H and O–H groups in total. The minimum Gasteiger partial charge on any atom is -0.300 e. The van der Waals surface area contributed by atoms with Crippen LogP contribution in [0, 0.1) is 12.8 Å². The van der Waals surface area contributed by atoms with E-state index in [1.54, 1.807) is 29.6 Å². The zero-order valence-electron chi connectivity index (χ0n) is 17.6. The zero-order chi connectivity index (χ0) is 23.2. The molecule has 8 heteroatoms. The van der Waals surface area contributed by atoms with Crippen molar-refractivity contribution in [2.24, 2.45) is 5.92 Å². The molecule has 2 heterocycles. The topological polar surface area (TPSA) is 34.4 Å². The molecule has 3 aromatic rings. The Bertz CT molecular complexity index is 1010. The van der Waals surface area contributed by atoms with Crippen molar-refractivity contribution in [1.82, 2.24) is 9.61 Å². The van der Waals surface area contributed by atoms with Crippen LogP contribution in [0.25, 0.3) is 16.6 Å². The maximum absolute atomic E-state index is 12.6. The maximum atomic E-state index is 12.6. The highest BCUT2D eigenvalue weighted by molar-refractivity contribution is 6.31. The summed E-state index contributed by atoms with van der Waals surface area (Å²) in [7, 11) is 0. The van der Waals surface area contributed by atoms with Crippen LogP contribution < -0.4 is 0 Å². The van der Waals surface area contributed by atoms with E-state index in [-0.39, 0.29) is 18.6 Å². The molecule has 0 bridgehead atoms. The number of hydrogen-bond acceptors (Lipinski definition) is 2. The second kappa shape index (κ2) is 10.8. The van der Waals surface area contributed by atoms with Crippen molar-refractivity contribution in [3.8, 4) is 11.1 Å². The summed E-state index contributed by atoms with van der Waals surface area (Å²) in [6, 6.07) is 11.1. The Morgan fingerprint density at radius 1 is 1.19 bits per heavy atom. The molecular weight excluding hydrogens is 432 g/mol. The third kappa shape index (κ3) is 6.79. The number of halogens is 5. The Balaban J connectivity index is 0.000000248. The first kappa shape index (κ1) is 24.9. The molecule has 31 heavy (non-hydrogen) atoms. The quantitative estimate of drug-likeness (QED) is 0.363. The molecule has 1 unspecified atom stereocenters. The number of Topliss-reactive ketones (excluding diaryl/α,β-unsaturated/α-hetero) is 1. The van der Waals surface area contributed by atoms with Gasteiger partial charge in [-0.3, -0.25) is 4.79 Å². The van der Waals surface area contributed by atoms with Crippen molar-refractivity contribution in [2.45, 2.75) is 52.9 Å². The predicted molar refractivity (Wildman–Crippen MR) is 115 cm³/mol. The lowest BCUT2D eigenvalue weighted by Crippen LogP contribution is -2.22. The molecule has 0 aliphatic heterocycles. The molecule has 0 spiro atoms. The van der Waals surface area contributed by atoms with E-state index in [1.165, 1.54) is 0 Å². The molecule has 2 aromatic heterocycles. The normalized spacial score (nSPS) is 12.4. The van der Waals surface area contributed by atoms with Crippen LogP contribution in [0.5, 0.6) is 0 Å². The number of hydrogen-bond donors (Lipinski definition) is 0. The molecule has 168 valence electrons. The number of ketones is 1. The van der Waals surface area contributed by atoms with Gasteiger partial charge in [-0.15, -0.1) is 0 Å². The highest BCUT2D eigenvalue weighted by atomic mass is 35.5. The van der Waals surface area contributed by atoms with E-state index in [4.69, 9.17) is 11.6 Å². The zero-order valence-corrected chi connectivity index (χ0v) is 18.4. The monoisotopic (exact) mass is 456 g/mol. The van der Waals surface area contributed by atoms with Crippen LogP contribution in [0.1, 0.15) is 44.4 Å². The van der Waals surface area contributed by atoms with Crippen molar-refractivity contribution in [2.75, 3.05) is 0 Å². The molecule has 0 radical (unpaired) electrons. The van der Waals surface area contributed by atoms with E-state index in [0.29, 0.717) is 17.0 Å². The number of fused-ring (bicyclic) bond motifs is 1. The van der Waals surface area contributed by atoms with E-state index < -0.39 is 18.8 Å². The minimum atomic E-state index is -4.23. The summed E-state index contributed by atoms with van der Waals surface area (Å²) in [5, 5.41) is 5.13. The number of pyridine rings is 1. The number of rotatable bonds is 6. The fourth-order valence-electron chi connectivity index (χ4n) is 3.09. The number of aryl methyl sites for hydroxylation is 1. The third-order valence-corrected chi connectivity index (χ3v) is 5.03. The van der Waals surface area contributed by atoms with E-state index in [1.807, 2.05) is 31.3 Å². The standard InChI is InChI=1S/C15H12ClFN2.C8H13F3O/c1-10-15(12-4-2-11(9-17)3-5-12)14-8-13(16)6-7-19(14)18-10;1-3-4-7(12)5-6(2)8(9,10)11/h2-8H,9H2,1H3;6H,3-5H2,1-2H3. The Kier molecular flexibility index (Phi) is 8.62. The number of alkyl halides is 4. The summed E-state index contributed by atoms with van der Waals surface area (Å²) in [5.41, 5.74) is 4.61. The summed E-state index contributed by atoms with van der Waals surface area (Å²) < 4.78 is 50.0. The molecule has 0 aliphatic carbocycles. The lowest BCUT2D eigenvalue weighted by molar-refractivity contribution is -0.173. The van der Waals surface area contributed by atoms with Crippen LogP contribution in [-0.2, 0) is 11.5 Å². The number of nitrogens with zero attached hydrogens (tertiary/aromatic N) is 2. The lowest BCUT2D eigenvalue weighted by atomic mass is 10.0. The average molecular weight is 457 g/mol. The number of carbonyl (C=O) groups is 1. The first-order valence-corrected chi connectivity index (χ1v) is 10.3. The summed E-state index contributed by atoms with van der Waals surface area (Å²) >= 11 is 6.04. The lowest BCUT2D eigenvalue weighted by Gasteiger charge is -2.13. The fraction of sp³-hybridized carbons (Fsp3) is 0.391. The molecule has 0 fully saturated rings. The van der Waals surface area contributed by atoms with Gasteiger partial charge < -0.3 is 0 Å². The molecule has 3 nitrogen and oxygen atoms in total. The predicted octanol–water partition coefficient (Wildman–Crippen LogP) is 7.38. The van der Waals surface area contributed by atoms with Crippen molar-refractivity contribution >= 4 is 22.9 Å². The van der Waals surface area contributed by atoms with Gasteiger partial charge in [-0.05, 0) is 36.6 Å². The van der Waals surface area contributed by atoms with Crippen molar-refractivity contribution in [3.05, 3.63) is 58.9 Å². The number of aromatic nitrogens is 2.